The standard InChI is InChI=1S/C20H18BrNO3/c1-12-15-7-6-14(22-9-8-13(11-22)20(23)24-2)10-18(15)25-19-16(12)4-3-5-17(19)21/h3-7,10,13H,1,8-9,11H2,2H3. The van der Waals surface area contributed by atoms with Crippen LogP contribution in [-0.4, -0.2) is 26.2 Å². The first-order chi connectivity index (χ1) is 12.1. The first-order valence-electron chi connectivity index (χ1n) is 8.21. The van der Waals surface area contributed by atoms with Crippen molar-refractivity contribution in [1.82, 2.24) is 0 Å². The van der Waals surface area contributed by atoms with Gasteiger partial charge in [0, 0.05) is 36.0 Å². The summed E-state index contributed by atoms with van der Waals surface area (Å²) in [5.74, 6) is 1.39. The molecule has 2 aliphatic rings. The Hall–Kier alpha value is -2.27. The largest absolute Gasteiger partial charge is 0.469 e. The summed E-state index contributed by atoms with van der Waals surface area (Å²) in [6.45, 7) is 5.74. The molecule has 1 unspecified atom stereocenters. The van der Waals surface area contributed by atoms with Crippen LogP contribution >= 0.6 is 15.9 Å². The minimum Gasteiger partial charge on any atom is -0.469 e. The molecule has 0 aromatic heterocycles. The van der Waals surface area contributed by atoms with Crippen LogP contribution < -0.4 is 9.64 Å². The summed E-state index contributed by atoms with van der Waals surface area (Å²) >= 11 is 3.55. The summed E-state index contributed by atoms with van der Waals surface area (Å²) < 4.78 is 11.9. The lowest BCUT2D eigenvalue weighted by molar-refractivity contribution is -0.144. The molecule has 1 fully saturated rings. The van der Waals surface area contributed by atoms with E-state index in [1.807, 2.05) is 30.3 Å². The number of fused-ring (bicyclic) bond motifs is 2. The van der Waals surface area contributed by atoms with Crippen molar-refractivity contribution < 1.29 is 14.3 Å². The van der Waals surface area contributed by atoms with Crippen LogP contribution in [0.1, 0.15) is 17.5 Å². The van der Waals surface area contributed by atoms with E-state index in [1.165, 1.54) is 7.11 Å². The van der Waals surface area contributed by atoms with Crippen molar-refractivity contribution in [1.29, 1.82) is 0 Å². The van der Waals surface area contributed by atoms with Crippen molar-refractivity contribution in [2.45, 2.75) is 6.42 Å². The Morgan fingerprint density at radius 2 is 2.16 bits per heavy atom. The molecule has 5 heteroatoms. The van der Waals surface area contributed by atoms with Gasteiger partial charge in [0.05, 0.1) is 17.5 Å². The third-order valence-corrected chi connectivity index (χ3v) is 5.51. The minimum absolute atomic E-state index is 0.0632. The van der Waals surface area contributed by atoms with Gasteiger partial charge in [0.25, 0.3) is 0 Å². The average molecular weight is 400 g/mol. The van der Waals surface area contributed by atoms with Crippen molar-refractivity contribution in [2.75, 3.05) is 25.1 Å². The zero-order valence-corrected chi connectivity index (χ0v) is 15.5. The van der Waals surface area contributed by atoms with Crippen molar-refractivity contribution in [3.8, 4) is 11.5 Å². The third kappa shape index (κ3) is 2.72. The van der Waals surface area contributed by atoms with Gasteiger partial charge in [-0.2, -0.15) is 0 Å². The van der Waals surface area contributed by atoms with Gasteiger partial charge in [-0.1, -0.05) is 18.7 Å². The van der Waals surface area contributed by atoms with Gasteiger partial charge in [-0.15, -0.1) is 0 Å². The molecule has 0 saturated carbocycles. The molecule has 4 nitrogen and oxygen atoms in total. The monoisotopic (exact) mass is 399 g/mol. The normalized spacial score (nSPS) is 18.4. The molecule has 2 heterocycles. The smallest absolute Gasteiger partial charge is 0.310 e. The first kappa shape index (κ1) is 16.2. The lowest BCUT2D eigenvalue weighted by atomic mass is 9.95. The Balaban J connectivity index is 1.64. The number of ether oxygens (including phenoxy) is 2. The van der Waals surface area contributed by atoms with Crippen LogP contribution in [0.2, 0.25) is 0 Å². The number of anilines is 1. The second-order valence-corrected chi connectivity index (χ2v) is 7.19. The first-order valence-corrected chi connectivity index (χ1v) is 9.00. The maximum atomic E-state index is 11.8. The topological polar surface area (TPSA) is 38.8 Å². The van der Waals surface area contributed by atoms with Gasteiger partial charge in [-0.3, -0.25) is 4.79 Å². The lowest BCUT2D eigenvalue weighted by Gasteiger charge is -2.26. The summed E-state index contributed by atoms with van der Waals surface area (Å²) in [6.07, 6.45) is 0.811. The van der Waals surface area contributed by atoms with Crippen LogP contribution in [0.4, 0.5) is 5.69 Å². The van der Waals surface area contributed by atoms with Gasteiger partial charge in [-0.05, 0) is 46.1 Å². The number of benzene rings is 2. The highest BCUT2D eigenvalue weighted by atomic mass is 79.9. The number of hydrogen-bond acceptors (Lipinski definition) is 4. The van der Waals surface area contributed by atoms with Gasteiger partial charge in [0.15, 0.2) is 0 Å². The fourth-order valence-electron chi connectivity index (χ4n) is 3.50. The molecule has 2 aromatic rings. The van der Waals surface area contributed by atoms with E-state index < -0.39 is 0 Å². The molecule has 0 amide bonds. The second kappa shape index (κ2) is 6.23. The Labute approximate surface area is 155 Å². The predicted molar refractivity (Wildman–Crippen MR) is 101 cm³/mol. The van der Waals surface area contributed by atoms with Gasteiger partial charge >= 0.3 is 5.97 Å². The van der Waals surface area contributed by atoms with Crippen LogP contribution in [0.5, 0.6) is 11.5 Å². The number of para-hydroxylation sites is 1. The summed E-state index contributed by atoms with van der Waals surface area (Å²) in [7, 11) is 1.44. The van der Waals surface area contributed by atoms with E-state index >= 15 is 0 Å². The summed E-state index contributed by atoms with van der Waals surface area (Å²) in [5.41, 5.74) is 4.01. The zero-order chi connectivity index (χ0) is 17.6. The molecule has 0 N–H and O–H groups in total. The van der Waals surface area contributed by atoms with E-state index in [9.17, 15) is 4.79 Å². The van der Waals surface area contributed by atoms with Gasteiger partial charge in [0.2, 0.25) is 0 Å². The fraction of sp³-hybridized carbons (Fsp3) is 0.250. The number of nitrogens with zero attached hydrogens (tertiary/aromatic N) is 1. The highest BCUT2D eigenvalue weighted by Gasteiger charge is 2.30. The van der Waals surface area contributed by atoms with Crippen LogP contribution in [0.15, 0.2) is 47.4 Å². The van der Waals surface area contributed by atoms with E-state index in [0.717, 1.165) is 51.3 Å². The Morgan fingerprint density at radius 1 is 1.32 bits per heavy atom. The van der Waals surface area contributed by atoms with Crippen LogP contribution in [0.25, 0.3) is 5.57 Å². The number of methoxy groups -OCH3 is 1. The highest BCUT2D eigenvalue weighted by Crippen LogP contribution is 2.47. The quantitative estimate of drug-likeness (QED) is 0.589. The number of carbonyl (C=O) groups is 1. The summed E-state index contributed by atoms with van der Waals surface area (Å²) in [4.78, 5) is 13.9. The molecule has 1 saturated heterocycles. The maximum absolute atomic E-state index is 11.8. The summed E-state index contributed by atoms with van der Waals surface area (Å²) in [6, 6.07) is 12.1. The van der Waals surface area contributed by atoms with E-state index in [0.29, 0.717) is 6.54 Å². The van der Waals surface area contributed by atoms with Crippen molar-refractivity contribution in [2.24, 2.45) is 5.92 Å². The van der Waals surface area contributed by atoms with Crippen molar-refractivity contribution in [3.05, 3.63) is 58.6 Å². The number of halogens is 1. The highest BCUT2D eigenvalue weighted by molar-refractivity contribution is 9.10. The summed E-state index contributed by atoms with van der Waals surface area (Å²) in [5, 5.41) is 0. The van der Waals surface area contributed by atoms with E-state index in [4.69, 9.17) is 9.47 Å². The van der Waals surface area contributed by atoms with Crippen molar-refractivity contribution in [3.63, 3.8) is 0 Å². The Kier molecular flexibility index (Phi) is 4.04. The molecule has 0 spiro atoms. The van der Waals surface area contributed by atoms with Gasteiger partial charge in [-0.25, -0.2) is 0 Å². The van der Waals surface area contributed by atoms with Crippen LogP contribution in [0.3, 0.4) is 0 Å². The molecule has 0 radical (unpaired) electrons. The average Bonchev–Trinajstić information content (AvgIpc) is 3.12. The molecule has 2 aromatic carbocycles. The van der Waals surface area contributed by atoms with Crippen molar-refractivity contribution >= 4 is 33.2 Å². The molecule has 4 rings (SSSR count). The Bertz CT molecular complexity index is 877. The third-order valence-electron chi connectivity index (χ3n) is 4.88. The second-order valence-electron chi connectivity index (χ2n) is 6.33. The van der Waals surface area contributed by atoms with E-state index in [1.54, 1.807) is 0 Å². The van der Waals surface area contributed by atoms with E-state index in [-0.39, 0.29) is 11.9 Å². The number of rotatable bonds is 2. The fourth-order valence-corrected chi connectivity index (χ4v) is 3.95. The lowest BCUT2D eigenvalue weighted by Crippen LogP contribution is -2.23. The van der Waals surface area contributed by atoms with Gasteiger partial charge in [0.1, 0.15) is 11.5 Å². The molecular formula is C20H18BrNO3. The molecule has 25 heavy (non-hydrogen) atoms. The molecular weight excluding hydrogens is 382 g/mol. The Morgan fingerprint density at radius 3 is 2.96 bits per heavy atom. The van der Waals surface area contributed by atoms with Crippen LogP contribution in [-0.2, 0) is 9.53 Å². The number of carbonyl (C=O) groups excluding carboxylic acids is 1. The number of hydrogen-bond donors (Lipinski definition) is 0. The molecule has 0 aliphatic carbocycles. The van der Waals surface area contributed by atoms with Gasteiger partial charge < -0.3 is 14.4 Å². The minimum atomic E-state index is -0.136. The molecule has 128 valence electrons. The predicted octanol–water partition coefficient (Wildman–Crippen LogP) is 4.62. The van der Waals surface area contributed by atoms with Crippen LogP contribution in [0, 0.1) is 5.92 Å². The molecule has 0 bridgehead atoms. The maximum Gasteiger partial charge on any atom is 0.310 e. The van der Waals surface area contributed by atoms with E-state index in [2.05, 4.69) is 33.5 Å². The zero-order valence-electron chi connectivity index (χ0n) is 13.9. The number of esters is 1. The molecule has 1 atom stereocenters. The molecule has 2 aliphatic heterocycles. The SMILES string of the molecule is C=C1c2ccc(N3CCC(C(=O)OC)C3)cc2Oc2c(Br)cccc21.